The van der Waals surface area contributed by atoms with E-state index in [1.807, 2.05) is 25.1 Å². The Morgan fingerprint density at radius 3 is 2.73 bits per heavy atom. The van der Waals surface area contributed by atoms with E-state index in [4.69, 9.17) is 0 Å². The van der Waals surface area contributed by atoms with Crippen LogP contribution in [0.5, 0.6) is 0 Å². The minimum atomic E-state index is -0.172. The summed E-state index contributed by atoms with van der Waals surface area (Å²) < 4.78 is 2.19. The van der Waals surface area contributed by atoms with Gasteiger partial charge in [0.15, 0.2) is 5.82 Å². The van der Waals surface area contributed by atoms with Gasteiger partial charge < -0.3 is 14.9 Å². The maximum Gasteiger partial charge on any atom is 0.220 e. The molecule has 33 heavy (non-hydrogen) atoms. The summed E-state index contributed by atoms with van der Waals surface area (Å²) >= 11 is 0. The highest BCUT2D eigenvalue weighted by Crippen LogP contribution is 2.19. The van der Waals surface area contributed by atoms with E-state index >= 15 is 0 Å². The molecule has 0 saturated heterocycles. The van der Waals surface area contributed by atoms with Crippen molar-refractivity contribution in [1.29, 1.82) is 0 Å². The topological polar surface area (TPSA) is 78.8 Å². The van der Waals surface area contributed by atoms with Gasteiger partial charge in [0.25, 0.3) is 0 Å². The van der Waals surface area contributed by atoms with Gasteiger partial charge in [-0.05, 0) is 36.4 Å². The second-order valence-electron chi connectivity index (χ2n) is 8.81. The monoisotopic (exact) mass is 442 g/mol. The van der Waals surface area contributed by atoms with Crippen LogP contribution in [-0.2, 0) is 30.7 Å². The second kappa shape index (κ2) is 9.58. The van der Waals surface area contributed by atoms with E-state index in [1.165, 1.54) is 22.2 Å². The first-order valence-corrected chi connectivity index (χ1v) is 11.7. The fourth-order valence-corrected chi connectivity index (χ4v) is 4.61. The first-order valence-electron chi connectivity index (χ1n) is 11.7. The molecule has 1 amide bonds. The van der Waals surface area contributed by atoms with Crippen LogP contribution in [0, 0.1) is 0 Å². The number of fused-ring (bicyclic) bond motifs is 2. The molecule has 0 radical (unpaired) electrons. The summed E-state index contributed by atoms with van der Waals surface area (Å²) in [6.45, 7) is 5.55. The van der Waals surface area contributed by atoms with E-state index in [0.29, 0.717) is 6.42 Å². The van der Waals surface area contributed by atoms with Gasteiger partial charge in [-0.1, -0.05) is 48.5 Å². The van der Waals surface area contributed by atoms with Gasteiger partial charge in [0.2, 0.25) is 5.91 Å². The van der Waals surface area contributed by atoms with Gasteiger partial charge >= 0.3 is 0 Å². The first kappa shape index (κ1) is 21.4. The molecule has 2 N–H and O–H groups in total. The smallest absolute Gasteiger partial charge is 0.220 e. The molecular weight excluding hydrogens is 412 g/mol. The van der Waals surface area contributed by atoms with Gasteiger partial charge in [0, 0.05) is 50.2 Å². The molecule has 7 heteroatoms. The van der Waals surface area contributed by atoms with Gasteiger partial charge in [0.1, 0.15) is 5.82 Å². The number of carbonyl (C=O) groups excluding carboxylic acids is 1. The minimum Gasteiger partial charge on any atom is -0.357 e. The van der Waals surface area contributed by atoms with Crippen LogP contribution in [0.25, 0.3) is 10.9 Å². The summed E-state index contributed by atoms with van der Waals surface area (Å²) in [6, 6.07) is 20.5. The molecule has 5 rings (SSSR count). The lowest BCUT2D eigenvalue weighted by Crippen LogP contribution is -2.30. The third-order valence-corrected chi connectivity index (χ3v) is 6.38. The summed E-state index contributed by atoms with van der Waals surface area (Å²) in [7, 11) is 0. The number of carbonyl (C=O) groups is 1. The van der Waals surface area contributed by atoms with Crippen LogP contribution in [0.2, 0.25) is 0 Å². The summed E-state index contributed by atoms with van der Waals surface area (Å²) in [6.07, 6.45) is 2.05. The number of aryl methyl sites for hydroxylation is 1. The molecular formula is C26H30N6O. The number of aromatic nitrogens is 4. The van der Waals surface area contributed by atoms with E-state index in [2.05, 4.69) is 72.4 Å². The molecule has 1 unspecified atom stereocenters. The third kappa shape index (κ3) is 4.98. The van der Waals surface area contributed by atoms with E-state index in [9.17, 15) is 4.79 Å². The molecule has 2 aromatic carbocycles. The van der Waals surface area contributed by atoms with Crippen LogP contribution in [0.1, 0.15) is 42.3 Å². The fraction of sp³-hybridized carbons (Fsp3) is 0.346. The van der Waals surface area contributed by atoms with Gasteiger partial charge in [-0.25, -0.2) is 0 Å². The maximum atomic E-state index is 12.5. The highest BCUT2D eigenvalue weighted by atomic mass is 16.1. The van der Waals surface area contributed by atoms with Crippen molar-refractivity contribution in [1.82, 2.24) is 30.0 Å². The molecule has 170 valence electrons. The molecule has 0 saturated carbocycles. The van der Waals surface area contributed by atoms with Crippen molar-refractivity contribution < 1.29 is 4.79 Å². The zero-order valence-corrected chi connectivity index (χ0v) is 19.0. The largest absolute Gasteiger partial charge is 0.357 e. The van der Waals surface area contributed by atoms with Crippen LogP contribution < -0.4 is 5.32 Å². The summed E-state index contributed by atoms with van der Waals surface area (Å²) in [5, 5.41) is 13.2. The zero-order chi connectivity index (χ0) is 22.6. The number of hydrogen-bond acceptors (Lipinski definition) is 4. The zero-order valence-electron chi connectivity index (χ0n) is 19.0. The first-order chi connectivity index (χ1) is 16.2. The number of nitrogens with one attached hydrogen (secondary N) is 2. The normalized spacial score (nSPS) is 15.2. The van der Waals surface area contributed by atoms with E-state index in [-0.39, 0.29) is 11.9 Å². The quantitative estimate of drug-likeness (QED) is 0.458. The highest BCUT2D eigenvalue weighted by molar-refractivity contribution is 5.80. The summed E-state index contributed by atoms with van der Waals surface area (Å²) in [5.41, 5.74) is 3.58. The van der Waals surface area contributed by atoms with Crippen molar-refractivity contribution in [2.75, 3.05) is 13.1 Å². The number of H-pyrrole nitrogens is 1. The van der Waals surface area contributed by atoms with Crippen LogP contribution in [0.15, 0.2) is 60.7 Å². The average Bonchev–Trinajstić information content (AvgIpc) is 3.38. The Kier molecular flexibility index (Phi) is 6.21. The minimum absolute atomic E-state index is 0.0396. The Morgan fingerprint density at radius 2 is 1.88 bits per heavy atom. The van der Waals surface area contributed by atoms with Gasteiger partial charge in [-0.3, -0.25) is 9.69 Å². The lowest BCUT2D eigenvalue weighted by molar-refractivity contribution is -0.121. The van der Waals surface area contributed by atoms with Crippen molar-refractivity contribution in [3.63, 3.8) is 0 Å². The number of aromatic amines is 1. The molecule has 0 spiro atoms. The number of nitrogens with zero attached hydrogens (tertiary/aromatic N) is 4. The number of amides is 1. The summed E-state index contributed by atoms with van der Waals surface area (Å²) in [5.74, 6) is 1.87. The second-order valence-corrected chi connectivity index (χ2v) is 8.81. The molecule has 0 fully saturated rings. The van der Waals surface area contributed by atoms with E-state index in [1.54, 1.807) is 0 Å². The molecule has 0 aliphatic carbocycles. The maximum absolute atomic E-state index is 12.5. The molecule has 3 heterocycles. The van der Waals surface area contributed by atoms with Crippen molar-refractivity contribution >= 4 is 16.8 Å². The molecule has 2 aromatic heterocycles. The van der Waals surface area contributed by atoms with Crippen molar-refractivity contribution in [2.45, 2.75) is 45.3 Å². The van der Waals surface area contributed by atoms with Crippen LogP contribution in [0.3, 0.4) is 0 Å². The van der Waals surface area contributed by atoms with Crippen molar-refractivity contribution in [2.24, 2.45) is 0 Å². The summed E-state index contributed by atoms with van der Waals surface area (Å²) in [4.78, 5) is 18.5. The number of rotatable bonds is 7. The van der Waals surface area contributed by atoms with Crippen molar-refractivity contribution in [3.05, 3.63) is 83.6 Å². The van der Waals surface area contributed by atoms with Gasteiger partial charge in [-0.2, -0.15) is 0 Å². The Balaban J connectivity index is 1.18. The molecule has 7 nitrogen and oxygen atoms in total. The van der Waals surface area contributed by atoms with E-state index in [0.717, 1.165) is 50.7 Å². The third-order valence-electron chi connectivity index (χ3n) is 6.38. The predicted octanol–water partition coefficient (Wildman–Crippen LogP) is 3.63. The van der Waals surface area contributed by atoms with E-state index < -0.39 is 0 Å². The van der Waals surface area contributed by atoms with Crippen molar-refractivity contribution in [3.8, 4) is 0 Å². The fourth-order valence-electron chi connectivity index (χ4n) is 4.61. The van der Waals surface area contributed by atoms with Crippen LogP contribution in [-0.4, -0.2) is 43.6 Å². The number of para-hydroxylation sites is 1. The number of benzene rings is 2. The Morgan fingerprint density at radius 1 is 1.06 bits per heavy atom. The molecule has 1 aliphatic rings. The Labute approximate surface area is 193 Å². The molecule has 1 atom stereocenters. The Bertz CT molecular complexity index is 1200. The van der Waals surface area contributed by atoms with Crippen LogP contribution >= 0.6 is 0 Å². The number of hydrogen-bond donors (Lipinski definition) is 2. The molecule has 1 aliphatic heterocycles. The predicted molar refractivity (Wildman–Crippen MR) is 129 cm³/mol. The Hall–Kier alpha value is -3.45. The van der Waals surface area contributed by atoms with Gasteiger partial charge in [0.05, 0.1) is 6.04 Å². The lowest BCUT2D eigenvalue weighted by Gasteiger charge is -2.19. The highest BCUT2D eigenvalue weighted by Gasteiger charge is 2.23. The lowest BCUT2D eigenvalue weighted by atomic mass is 10.1. The SMILES string of the molecule is CC(NC(=O)CCc1ccccc1)c1nnc2n1CCN(Cc1cc3ccccc3[nH]1)CC2. The van der Waals surface area contributed by atoms with Crippen LogP contribution in [0.4, 0.5) is 0 Å². The standard InChI is InChI=1S/C26H30N6O/c1-19(27-25(33)12-11-20-7-3-2-4-8-20)26-30-29-24-13-14-31(15-16-32(24)26)18-22-17-21-9-5-6-10-23(21)28-22/h2-10,17,19,28H,11-16,18H2,1H3,(H,27,33). The van der Waals surface area contributed by atoms with Gasteiger partial charge in [-0.15, -0.1) is 10.2 Å². The average molecular weight is 443 g/mol. The molecule has 0 bridgehead atoms. The molecule has 4 aromatic rings.